The fourth-order valence-electron chi connectivity index (χ4n) is 1.81. The molecule has 3 nitrogen and oxygen atoms in total. The van der Waals surface area contributed by atoms with E-state index in [0.29, 0.717) is 12.5 Å². The Morgan fingerprint density at radius 3 is 2.79 bits per heavy atom. The van der Waals surface area contributed by atoms with Crippen LogP contribution >= 0.6 is 11.8 Å². The lowest BCUT2D eigenvalue weighted by Crippen LogP contribution is -2.03. The lowest BCUT2D eigenvalue weighted by molar-refractivity contribution is 0.294. The molecule has 0 spiro atoms. The molecule has 1 rings (SSSR count). The fourth-order valence-corrected chi connectivity index (χ4v) is 2.29. The largest absolute Gasteiger partial charge is 0.493 e. The van der Waals surface area contributed by atoms with Gasteiger partial charge in [-0.1, -0.05) is 19.9 Å². The van der Waals surface area contributed by atoms with Crippen molar-refractivity contribution in [3.8, 4) is 16.9 Å². The Kier molecular flexibility index (Phi) is 7.20. The summed E-state index contributed by atoms with van der Waals surface area (Å²) >= 11 is 1.31. The molecule has 0 bridgehead atoms. The second-order valence-corrected chi connectivity index (χ2v) is 5.35. The van der Waals surface area contributed by atoms with Crippen LogP contribution in [0.15, 0.2) is 18.2 Å². The minimum Gasteiger partial charge on any atom is -0.493 e. The number of methoxy groups -OCH3 is 1. The summed E-state index contributed by atoms with van der Waals surface area (Å²) in [5.41, 5.74) is 1.21. The highest BCUT2D eigenvalue weighted by Gasteiger charge is 2.09. The minimum absolute atomic E-state index is 0.469. The van der Waals surface area contributed by atoms with Crippen LogP contribution in [-0.2, 0) is 6.42 Å². The molecule has 0 aliphatic rings. The van der Waals surface area contributed by atoms with Crippen LogP contribution < -0.4 is 9.47 Å². The zero-order valence-electron chi connectivity index (χ0n) is 11.8. The van der Waals surface area contributed by atoms with Gasteiger partial charge in [0, 0.05) is 5.75 Å². The minimum atomic E-state index is 0.469. The van der Waals surface area contributed by atoms with Crippen molar-refractivity contribution in [1.29, 1.82) is 5.26 Å². The molecule has 1 aromatic carbocycles. The number of thioether (sulfide) groups is 1. The summed E-state index contributed by atoms with van der Waals surface area (Å²) in [6.45, 7) is 4.93. The summed E-state index contributed by atoms with van der Waals surface area (Å²) in [7, 11) is 1.66. The number of benzene rings is 1. The monoisotopic (exact) mass is 279 g/mol. The van der Waals surface area contributed by atoms with E-state index in [2.05, 4.69) is 25.3 Å². The molecule has 0 aliphatic carbocycles. The SMILES string of the molecule is CCCOc1ccc(CC(C)CSC#N)cc1OC. The van der Waals surface area contributed by atoms with Gasteiger partial charge in [0.05, 0.1) is 13.7 Å². The van der Waals surface area contributed by atoms with Crippen molar-refractivity contribution in [3.05, 3.63) is 23.8 Å². The lowest BCUT2D eigenvalue weighted by atomic mass is 10.0. The van der Waals surface area contributed by atoms with E-state index in [-0.39, 0.29) is 0 Å². The van der Waals surface area contributed by atoms with Crippen LogP contribution in [-0.4, -0.2) is 19.5 Å². The standard InChI is InChI=1S/C15H21NO2S/c1-4-7-18-14-6-5-13(9-15(14)17-3)8-12(2)10-19-11-16/h5-6,9,12H,4,7-8,10H2,1-3H3. The topological polar surface area (TPSA) is 42.2 Å². The maximum absolute atomic E-state index is 8.56. The van der Waals surface area contributed by atoms with Gasteiger partial charge in [0.25, 0.3) is 0 Å². The summed E-state index contributed by atoms with van der Waals surface area (Å²) in [5, 5.41) is 10.7. The first kappa shape index (κ1) is 15.7. The highest BCUT2D eigenvalue weighted by atomic mass is 32.2. The Labute approximate surface area is 119 Å². The number of thiocyanates is 1. The van der Waals surface area contributed by atoms with Gasteiger partial charge in [-0.05, 0) is 48.2 Å². The summed E-state index contributed by atoms with van der Waals surface area (Å²) in [4.78, 5) is 0. The van der Waals surface area contributed by atoms with Crippen molar-refractivity contribution in [2.75, 3.05) is 19.5 Å². The van der Waals surface area contributed by atoms with E-state index < -0.39 is 0 Å². The van der Waals surface area contributed by atoms with Crippen molar-refractivity contribution in [3.63, 3.8) is 0 Å². The van der Waals surface area contributed by atoms with Gasteiger partial charge >= 0.3 is 0 Å². The Morgan fingerprint density at radius 2 is 2.16 bits per heavy atom. The molecule has 1 atom stereocenters. The van der Waals surface area contributed by atoms with Gasteiger partial charge in [-0.2, -0.15) is 5.26 Å². The summed E-state index contributed by atoms with van der Waals surface area (Å²) in [6.07, 6.45) is 1.92. The van der Waals surface area contributed by atoms with Crippen LogP contribution in [0.1, 0.15) is 25.8 Å². The maximum Gasteiger partial charge on any atom is 0.161 e. The first-order valence-electron chi connectivity index (χ1n) is 6.51. The Morgan fingerprint density at radius 1 is 1.37 bits per heavy atom. The molecule has 1 unspecified atom stereocenters. The molecule has 0 radical (unpaired) electrons. The average molecular weight is 279 g/mol. The van der Waals surface area contributed by atoms with Crippen molar-refractivity contribution in [1.82, 2.24) is 0 Å². The lowest BCUT2D eigenvalue weighted by Gasteiger charge is -2.13. The predicted octanol–water partition coefficient (Wildman–Crippen LogP) is 3.88. The maximum atomic E-state index is 8.56. The van der Waals surface area contributed by atoms with Gasteiger partial charge in [0.2, 0.25) is 0 Å². The van der Waals surface area contributed by atoms with E-state index in [1.165, 1.54) is 17.3 Å². The van der Waals surface area contributed by atoms with Gasteiger partial charge in [0.1, 0.15) is 5.40 Å². The molecule has 0 saturated carbocycles. The Hall–Kier alpha value is -1.34. The van der Waals surface area contributed by atoms with Gasteiger partial charge < -0.3 is 9.47 Å². The smallest absolute Gasteiger partial charge is 0.161 e. The Balaban J connectivity index is 2.68. The molecule has 19 heavy (non-hydrogen) atoms. The average Bonchev–Trinajstić information content (AvgIpc) is 2.43. The fraction of sp³-hybridized carbons (Fsp3) is 0.533. The second kappa shape index (κ2) is 8.71. The number of ether oxygens (including phenoxy) is 2. The normalized spacial score (nSPS) is 11.7. The molecule has 0 fully saturated rings. The van der Waals surface area contributed by atoms with Gasteiger partial charge in [0.15, 0.2) is 11.5 Å². The van der Waals surface area contributed by atoms with E-state index in [1.54, 1.807) is 7.11 Å². The molecule has 0 N–H and O–H groups in total. The van der Waals surface area contributed by atoms with Crippen LogP contribution in [0.25, 0.3) is 0 Å². The number of nitriles is 1. The van der Waals surface area contributed by atoms with Gasteiger partial charge in [-0.15, -0.1) is 0 Å². The third-order valence-electron chi connectivity index (χ3n) is 2.71. The molecular formula is C15H21NO2S. The predicted molar refractivity (Wildman–Crippen MR) is 79.7 cm³/mol. The molecule has 4 heteroatoms. The van der Waals surface area contributed by atoms with Crippen LogP contribution in [0, 0.1) is 16.6 Å². The molecule has 1 aromatic rings. The third-order valence-corrected chi connectivity index (χ3v) is 3.57. The molecule has 0 aliphatic heterocycles. The number of rotatable bonds is 8. The van der Waals surface area contributed by atoms with Gasteiger partial charge in [-0.3, -0.25) is 0 Å². The zero-order valence-corrected chi connectivity index (χ0v) is 12.6. The van der Waals surface area contributed by atoms with Crippen molar-refractivity contribution in [2.24, 2.45) is 5.92 Å². The first-order valence-corrected chi connectivity index (χ1v) is 7.50. The molecule has 0 saturated heterocycles. The van der Waals surface area contributed by atoms with Crippen LogP contribution in [0.2, 0.25) is 0 Å². The zero-order chi connectivity index (χ0) is 14.1. The van der Waals surface area contributed by atoms with Gasteiger partial charge in [-0.25, -0.2) is 0 Å². The highest BCUT2D eigenvalue weighted by molar-refractivity contribution is 8.03. The Bertz CT molecular complexity index is 429. The number of nitrogens with zero attached hydrogens (tertiary/aromatic N) is 1. The number of hydrogen-bond acceptors (Lipinski definition) is 4. The molecule has 0 aromatic heterocycles. The summed E-state index contributed by atoms with van der Waals surface area (Å²) in [5.74, 6) is 2.91. The summed E-state index contributed by atoms with van der Waals surface area (Å²) in [6, 6.07) is 6.06. The first-order chi connectivity index (χ1) is 9.21. The molecule has 104 valence electrons. The highest BCUT2D eigenvalue weighted by Crippen LogP contribution is 2.29. The molecular weight excluding hydrogens is 258 g/mol. The van der Waals surface area contributed by atoms with E-state index >= 15 is 0 Å². The van der Waals surface area contributed by atoms with E-state index in [0.717, 1.165) is 30.1 Å². The van der Waals surface area contributed by atoms with Crippen LogP contribution in [0.5, 0.6) is 11.5 Å². The van der Waals surface area contributed by atoms with Crippen LogP contribution in [0.3, 0.4) is 0 Å². The van der Waals surface area contributed by atoms with E-state index in [1.807, 2.05) is 12.1 Å². The van der Waals surface area contributed by atoms with Crippen LogP contribution in [0.4, 0.5) is 0 Å². The van der Waals surface area contributed by atoms with Crippen molar-refractivity contribution in [2.45, 2.75) is 26.7 Å². The number of hydrogen-bond donors (Lipinski definition) is 0. The summed E-state index contributed by atoms with van der Waals surface area (Å²) < 4.78 is 11.0. The second-order valence-electron chi connectivity index (χ2n) is 4.55. The molecule has 0 heterocycles. The molecule has 0 amide bonds. The van der Waals surface area contributed by atoms with E-state index in [9.17, 15) is 0 Å². The van der Waals surface area contributed by atoms with Crippen molar-refractivity contribution >= 4 is 11.8 Å². The van der Waals surface area contributed by atoms with Crippen molar-refractivity contribution < 1.29 is 9.47 Å². The van der Waals surface area contributed by atoms with E-state index in [4.69, 9.17) is 14.7 Å². The quantitative estimate of drug-likeness (QED) is 0.677. The third kappa shape index (κ3) is 5.44.